The van der Waals surface area contributed by atoms with E-state index >= 15 is 0 Å². The first-order chi connectivity index (χ1) is 9.79. The lowest BCUT2D eigenvalue weighted by atomic mass is 10.1. The third-order valence-corrected chi connectivity index (χ3v) is 4.21. The van der Waals surface area contributed by atoms with E-state index in [0.29, 0.717) is 10.6 Å². The number of hydrogen-bond acceptors (Lipinski definition) is 5. The van der Waals surface area contributed by atoms with E-state index in [-0.39, 0.29) is 21.4 Å². The van der Waals surface area contributed by atoms with Gasteiger partial charge in [-0.25, -0.2) is 0 Å². The molecule has 5 nitrogen and oxygen atoms in total. The first kappa shape index (κ1) is 15.8. The zero-order chi connectivity index (χ0) is 15.6. The van der Waals surface area contributed by atoms with Crippen molar-refractivity contribution in [2.75, 3.05) is 0 Å². The topological polar surface area (TPSA) is 72.8 Å². The quantitative estimate of drug-likeness (QED) is 0.623. The molecule has 0 saturated heterocycles. The Kier molecular flexibility index (Phi) is 4.51. The van der Waals surface area contributed by atoms with Crippen LogP contribution < -0.4 is 0 Å². The highest BCUT2D eigenvalue weighted by molar-refractivity contribution is 7.86. The lowest BCUT2D eigenvalue weighted by molar-refractivity contribution is -0.111. The van der Waals surface area contributed by atoms with Crippen molar-refractivity contribution in [3.05, 3.63) is 52.0 Å². The highest BCUT2D eigenvalue weighted by Gasteiger charge is 2.18. The van der Waals surface area contributed by atoms with Crippen molar-refractivity contribution >= 4 is 44.8 Å². The summed E-state index contributed by atoms with van der Waals surface area (Å²) in [5, 5.41) is 3.84. The van der Waals surface area contributed by atoms with Gasteiger partial charge in [0.05, 0.1) is 5.03 Å². The van der Waals surface area contributed by atoms with Crippen molar-refractivity contribution in [3.63, 3.8) is 0 Å². The minimum Gasteiger partial charge on any atom is -0.288 e. The largest absolute Gasteiger partial charge is 0.358 e. The number of ketones is 1. The fourth-order valence-electron chi connectivity index (χ4n) is 1.50. The summed E-state index contributed by atoms with van der Waals surface area (Å²) < 4.78 is 28.4. The molecule has 21 heavy (non-hydrogen) atoms. The molecule has 0 amide bonds. The van der Waals surface area contributed by atoms with Crippen molar-refractivity contribution < 1.29 is 17.5 Å². The van der Waals surface area contributed by atoms with Gasteiger partial charge in [-0.15, -0.1) is 0 Å². The maximum atomic E-state index is 11.9. The SMILES string of the molecule is CC1=C/C(=N/OS(=O)(=O)c2ccc(Cl)cc2)C=C(Cl)C1=O. The summed E-state index contributed by atoms with van der Waals surface area (Å²) in [5.74, 6) is -0.337. The molecule has 0 N–H and O–H groups in total. The monoisotopic (exact) mass is 345 g/mol. The van der Waals surface area contributed by atoms with Gasteiger partial charge >= 0.3 is 10.1 Å². The van der Waals surface area contributed by atoms with E-state index in [4.69, 9.17) is 23.2 Å². The fraction of sp³-hybridized carbons (Fsp3) is 0.0769. The molecule has 1 aliphatic rings. The van der Waals surface area contributed by atoms with Gasteiger partial charge in [-0.3, -0.25) is 9.08 Å². The van der Waals surface area contributed by atoms with Crippen molar-refractivity contribution in [2.24, 2.45) is 5.16 Å². The molecule has 1 aliphatic carbocycles. The van der Waals surface area contributed by atoms with Gasteiger partial charge in [0.1, 0.15) is 10.6 Å². The molecule has 0 heterocycles. The minimum absolute atomic E-state index is 0.0544. The second kappa shape index (κ2) is 6.01. The first-order valence-electron chi connectivity index (χ1n) is 5.67. The van der Waals surface area contributed by atoms with Crippen LogP contribution in [0.1, 0.15) is 6.92 Å². The number of hydrogen-bond donors (Lipinski definition) is 0. The number of halogens is 2. The normalized spacial score (nSPS) is 17.5. The fourth-order valence-corrected chi connectivity index (χ4v) is 2.63. The molecule has 110 valence electrons. The van der Waals surface area contributed by atoms with Crippen molar-refractivity contribution in [1.82, 2.24) is 0 Å². The van der Waals surface area contributed by atoms with Crippen LogP contribution in [0.4, 0.5) is 0 Å². The molecule has 0 fully saturated rings. The van der Waals surface area contributed by atoms with Crippen LogP contribution in [0.15, 0.2) is 57.1 Å². The second-order valence-corrected chi connectivity index (χ2v) is 6.52. The van der Waals surface area contributed by atoms with Crippen molar-refractivity contribution in [2.45, 2.75) is 11.8 Å². The lowest BCUT2D eigenvalue weighted by Gasteiger charge is -2.07. The molecule has 0 bridgehead atoms. The Morgan fingerprint density at radius 3 is 2.29 bits per heavy atom. The third-order valence-electron chi connectivity index (χ3n) is 2.56. The number of carbonyl (C=O) groups excluding carboxylic acids is 1. The summed E-state index contributed by atoms with van der Waals surface area (Å²) in [6, 6.07) is 5.44. The number of Topliss-reactive ketones (excluding diaryl/α,β-unsaturated/α-hetero) is 1. The van der Waals surface area contributed by atoms with Crippen molar-refractivity contribution in [1.29, 1.82) is 0 Å². The van der Waals surface area contributed by atoms with Crippen LogP contribution in [0.3, 0.4) is 0 Å². The van der Waals surface area contributed by atoms with Gasteiger partial charge < -0.3 is 0 Å². The van der Waals surface area contributed by atoms with Crippen LogP contribution in [0, 0.1) is 0 Å². The highest BCUT2D eigenvalue weighted by Crippen LogP contribution is 2.19. The number of allylic oxidation sites excluding steroid dienone is 4. The summed E-state index contributed by atoms with van der Waals surface area (Å²) in [5.41, 5.74) is 0.475. The molecule has 0 atom stereocenters. The predicted molar refractivity (Wildman–Crippen MR) is 79.9 cm³/mol. The summed E-state index contributed by atoms with van der Waals surface area (Å²) in [6.07, 6.45) is 2.61. The van der Waals surface area contributed by atoms with E-state index in [1.54, 1.807) is 6.92 Å². The zero-order valence-electron chi connectivity index (χ0n) is 10.7. The summed E-state index contributed by atoms with van der Waals surface area (Å²) in [7, 11) is -4.06. The third kappa shape index (κ3) is 3.72. The Bertz CT molecular complexity index is 753. The highest BCUT2D eigenvalue weighted by atomic mass is 35.5. The molecule has 0 radical (unpaired) electrons. The predicted octanol–water partition coefficient (Wildman–Crippen LogP) is 3.05. The Morgan fingerprint density at radius 2 is 1.71 bits per heavy atom. The maximum absolute atomic E-state index is 11.9. The molecule has 1 aromatic carbocycles. The van der Waals surface area contributed by atoms with Crippen molar-refractivity contribution in [3.8, 4) is 0 Å². The van der Waals surface area contributed by atoms with Gasteiger partial charge in [0.2, 0.25) is 0 Å². The minimum atomic E-state index is -4.06. The van der Waals surface area contributed by atoms with Crippen LogP contribution in [0.2, 0.25) is 5.02 Å². The smallest absolute Gasteiger partial charge is 0.288 e. The van der Waals surface area contributed by atoms with E-state index in [2.05, 4.69) is 9.44 Å². The standard InChI is InChI=1S/C13H9Cl2NO4S/c1-8-6-10(7-12(15)13(8)17)16-20-21(18,19)11-4-2-9(14)3-5-11/h2-7H,1H3/b16-10-. The van der Waals surface area contributed by atoms with Crippen LogP contribution in [-0.4, -0.2) is 19.9 Å². The van der Waals surface area contributed by atoms with Crippen LogP contribution in [0.25, 0.3) is 0 Å². The van der Waals surface area contributed by atoms with Crippen LogP contribution in [0.5, 0.6) is 0 Å². The lowest BCUT2D eigenvalue weighted by Crippen LogP contribution is -2.11. The Hall–Kier alpha value is -1.63. The molecule has 8 heteroatoms. The summed E-state index contributed by atoms with van der Waals surface area (Å²) in [6.45, 7) is 1.54. The van der Waals surface area contributed by atoms with E-state index in [1.165, 1.54) is 36.4 Å². The second-order valence-electron chi connectivity index (χ2n) is 4.15. The van der Waals surface area contributed by atoms with Gasteiger partial charge in [-0.05, 0) is 43.3 Å². The van der Waals surface area contributed by atoms with Gasteiger partial charge in [0, 0.05) is 10.6 Å². The molecular weight excluding hydrogens is 337 g/mol. The van der Waals surface area contributed by atoms with E-state index in [9.17, 15) is 13.2 Å². The number of nitrogens with zero attached hydrogens (tertiary/aromatic N) is 1. The average Bonchev–Trinajstić information content (AvgIpc) is 2.43. The molecular formula is C13H9Cl2NO4S. The molecule has 0 aromatic heterocycles. The van der Waals surface area contributed by atoms with Gasteiger partial charge in [-0.2, -0.15) is 8.42 Å². The Balaban J connectivity index is 2.24. The number of carbonyl (C=O) groups is 1. The number of rotatable bonds is 3. The van der Waals surface area contributed by atoms with Crippen LogP contribution >= 0.6 is 23.2 Å². The molecule has 0 saturated carbocycles. The number of benzene rings is 1. The maximum Gasteiger partial charge on any atom is 0.358 e. The van der Waals surface area contributed by atoms with Gasteiger partial charge in [0.15, 0.2) is 5.78 Å². The number of oxime groups is 1. The molecule has 0 unspecified atom stereocenters. The van der Waals surface area contributed by atoms with Gasteiger partial charge in [0.25, 0.3) is 0 Å². The molecule has 1 aromatic rings. The Labute approximate surface area is 131 Å². The van der Waals surface area contributed by atoms with Crippen LogP contribution in [-0.2, 0) is 19.2 Å². The summed E-state index contributed by atoms with van der Waals surface area (Å²) >= 11 is 11.4. The zero-order valence-corrected chi connectivity index (χ0v) is 13.0. The molecule has 0 aliphatic heterocycles. The van der Waals surface area contributed by atoms with E-state index < -0.39 is 10.1 Å². The van der Waals surface area contributed by atoms with Gasteiger partial charge in [-0.1, -0.05) is 28.4 Å². The molecule has 2 rings (SSSR count). The van der Waals surface area contributed by atoms with E-state index in [1.807, 2.05) is 0 Å². The summed E-state index contributed by atoms with van der Waals surface area (Å²) in [4.78, 5) is 11.3. The molecule has 0 spiro atoms. The average molecular weight is 346 g/mol. The first-order valence-corrected chi connectivity index (χ1v) is 7.83. The Morgan fingerprint density at radius 1 is 1.10 bits per heavy atom. The van der Waals surface area contributed by atoms with E-state index in [0.717, 1.165) is 0 Å².